The van der Waals surface area contributed by atoms with Gasteiger partial charge in [-0.15, -0.1) is 0 Å². The molecule has 0 aromatic rings. The van der Waals surface area contributed by atoms with Crippen LogP contribution < -0.4 is 5.32 Å². The van der Waals surface area contributed by atoms with E-state index in [4.69, 9.17) is 14.5 Å². The normalized spacial score (nSPS) is 23.2. The molecule has 2 saturated heterocycles. The summed E-state index contributed by atoms with van der Waals surface area (Å²) in [6.45, 7) is 16.0. The van der Waals surface area contributed by atoms with E-state index in [1.54, 1.807) is 0 Å². The second-order valence-corrected chi connectivity index (χ2v) is 7.09. The lowest BCUT2D eigenvalue weighted by atomic mass is 10.2. The van der Waals surface area contributed by atoms with Crippen molar-refractivity contribution in [3.8, 4) is 0 Å². The molecule has 2 heterocycles. The van der Waals surface area contributed by atoms with Crippen LogP contribution in [0.4, 0.5) is 0 Å². The summed E-state index contributed by atoms with van der Waals surface area (Å²) in [5.74, 6) is 1.67. The van der Waals surface area contributed by atoms with Crippen molar-refractivity contribution in [2.45, 2.75) is 39.7 Å². The van der Waals surface area contributed by atoms with Gasteiger partial charge in [0.2, 0.25) is 0 Å². The minimum Gasteiger partial charge on any atom is -0.381 e. The maximum Gasteiger partial charge on any atom is 0.193 e. The predicted molar refractivity (Wildman–Crippen MR) is 98.6 cm³/mol. The zero-order valence-corrected chi connectivity index (χ0v) is 15.8. The van der Waals surface area contributed by atoms with E-state index >= 15 is 0 Å². The maximum atomic E-state index is 5.64. The maximum absolute atomic E-state index is 5.64. The number of nitrogens with one attached hydrogen (secondary N) is 1. The first-order valence-electron chi connectivity index (χ1n) is 9.63. The van der Waals surface area contributed by atoms with Gasteiger partial charge in [0.05, 0.1) is 13.2 Å². The molecule has 2 aliphatic rings. The molecule has 2 fully saturated rings. The van der Waals surface area contributed by atoms with Crippen LogP contribution in [0.25, 0.3) is 0 Å². The van der Waals surface area contributed by atoms with Crippen molar-refractivity contribution >= 4 is 5.96 Å². The summed E-state index contributed by atoms with van der Waals surface area (Å²) >= 11 is 0. The van der Waals surface area contributed by atoms with E-state index in [0.29, 0.717) is 12.0 Å². The van der Waals surface area contributed by atoms with Crippen LogP contribution in [-0.2, 0) is 9.47 Å². The molecule has 2 aliphatic heterocycles. The molecule has 0 aromatic heterocycles. The third-order valence-corrected chi connectivity index (χ3v) is 4.52. The Bertz CT molecular complexity index is 370. The number of likely N-dealkylation sites (tertiary alicyclic amines) is 1. The van der Waals surface area contributed by atoms with Crippen molar-refractivity contribution in [3.63, 3.8) is 0 Å². The molecule has 140 valence electrons. The van der Waals surface area contributed by atoms with Gasteiger partial charge in [0.25, 0.3) is 0 Å². The average molecular weight is 341 g/mol. The smallest absolute Gasteiger partial charge is 0.193 e. The topological polar surface area (TPSA) is 49.3 Å². The van der Waals surface area contributed by atoms with Crippen LogP contribution in [0.15, 0.2) is 4.99 Å². The first-order chi connectivity index (χ1) is 11.7. The molecule has 6 heteroatoms. The number of morpholine rings is 1. The van der Waals surface area contributed by atoms with Crippen molar-refractivity contribution in [1.29, 1.82) is 0 Å². The van der Waals surface area contributed by atoms with E-state index in [0.717, 1.165) is 78.1 Å². The molecule has 0 amide bonds. The Hall–Kier alpha value is -0.850. The van der Waals surface area contributed by atoms with E-state index in [2.05, 4.69) is 35.9 Å². The van der Waals surface area contributed by atoms with Gasteiger partial charge in [0, 0.05) is 58.5 Å². The molecule has 1 unspecified atom stereocenters. The third-order valence-electron chi connectivity index (χ3n) is 4.52. The molecular formula is C18H36N4O2. The summed E-state index contributed by atoms with van der Waals surface area (Å²) in [6, 6.07) is 0.645. The van der Waals surface area contributed by atoms with Crippen LogP contribution in [0.5, 0.6) is 0 Å². The highest BCUT2D eigenvalue weighted by Crippen LogP contribution is 2.17. The van der Waals surface area contributed by atoms with Gasteiger partial charge in [-0.1, -0.05) is 13.8 Å². The van der Waals surface area contributed by atoms with Crippen molar-refractivity contribution in [2.75, 3.05) is 65.7 Å². The Labute approximate surface area is 147 Å². The molecule has 0 saturated carbocycles. The van der Waals surface area contributed by atoms with Crippen LogP contribution in [0.3, 0.4) is 0 Å². The molecule has 0 aliphatic carbocycles. The number of hydrogen-bond acceptors (Lipinski definition) is 4. The fourth-order valence-electron chi connectivity index (χ4n) is 3.27. The van der Waals surface area contributed by atoms with E-state index in [9.17, 15) is 0 Å². The summed E-state index contributed by atoms with van der Waals surface area (Å²) in [4.78, 5) is 9.79. The van der Waals surface area contributed by atoms with Crippen molar-refractivity contribution in [3.05, 3.63) is 0 Å². The Balaban J connectivity index is 1.74. The van der Waals surface area contributed by atoms with E-state index in [-0.39, 0.29) is 0 Å². The number of aliphatic imine (C=N–C) groups is 1. The Morgan fingerprint density at radius 3 is 2.79 bits per heavy atom. The quantitative estimate of drug-likeness (QED) is 0.411. The lowest BCUT2D eigenvalue weighted by Gasteiger charge is -2.32. The second-order valence-electron chi connectivity index (χ2n) is 7.09. The molecule has 1 N–H and O–H groups in total. The van der Waals surface area contributed by atoms with Gasteiger partial charge in [-0.3, -0.25) is 9.89 Å². The Morgan fingerprint density at radius 1 is 1.29 bits per heavy atom. The summed E-state index contributed by atoms with van der Waals surface area (Å²) in [7, 11) is 0. The number of ether oxygens (including phenoxy) is 2. The number of nitrogens with zero attached hydrogens (tertiary/aromatic N) is 3. The molecular weight excluding hydrogens is 304 g/mol. The SMILES string of the molecule is CCNC(=NCCCOCC(C)C)N1CCC(N2CCOCC2)C1. The van der Waals surface area contributed by atoms with Crippen LogP contribution in [0.1, 0.15) is 33.6 Å². The monoisotopic (exact) mass is 340 g/mol. The zero-order valence-electron chi connectivity index (χ0n) is 15.8. The molecule has 24 heavy (non-hydrogen) atoms. The first-order valence-corrected chi connectivity index (χ1v) is 9.63. The second kappa shape index (κ2) is 10.9. The fourth-order valence-corrected chi connectivity index (χ4v) is 3.27. The minimum absolute atomic E-state index is 0.604. The summed E-state index contributed by atoms with van der Waals surface area (Å²) in [5, 5.41) is 3.45. The minimum atomic E-state index is 0.604. The number of guanidine groups is 1. The van der Waals surface area contributed by atoms with Gasteiger partial charge in [0.1, 0.15) is 0 Å². The first kappa shape index (κ1) is 19.5. The van der Waals surface area contributed by atoms with Crippen molar-refractivity contribution in [1.82, 2.24) is 15.1 Å². The summed E-state index contributed by atoms with van der Waals surface area (Å²) in [6.07, 6.45) is 2.21. The highest BCUT2D eigenvalue weighted by Gasteiger charge is 2.30. The standard InChI is InChI=1S/C18H36N4O2/c1-4-19-18(20-7-5-11-24-15-16(2)3)22-8-6-17(14-22)21-9-12-23-13-10-21/h16-17H,4-15H2,1-3H3,(H,19,20). The van der Waals surface area contributed by atoms with E-state index in [1.807, 2.05) is 0 Å². The molecule has 1 atom stereocenters. The largest absolute Gasteiger partial charge is 0.381 e. The van der Waals surface area contributed by atoms with Gasteiger partial charge in [-0.25, -0.2) is 0 Å². The van der Waals surface area contributed by atoms with Crippen molar-refractivity contribution < 1.29 is 9.47 Å². The van der Waals surface area contributed by atoms with E-state index in [1.165, 1.54) is 6.42 Å². The highest BCUT2D eigenvalue weighted by molar-refractivity contribution is 5.80. The average Bonchev–Trinajstić information content (AvgIpc) is 3.07. The van der Waals surface area contributed by atoms with Crippen LogP contribution in [0, 0.1) is 5.92 Å². The number of hydrogen-bond donors (Lipinski definition) is 1. The molecule has 0 bridgehead atoms. The van der Waals surface area contributed by atoms with Gasteiger partial charge in [0.15, 0.2) is 5.96 Å². The molecule has 0 aromatic carbocycles. The van der Waals surface area contributed by atoms with Gasteiger partial charge in [-0.05, 0) is 25.7 Å². The lowest BCUT2D eigenvalue weighted by Crippen LogP contribution is -2.46. The van der Waals surface area contributed by atoms with Gasteiger partial charge in [-0.2, -0.15) is 0 Å². The highest BCUT2D eigenvalue weighted by atomic mass is 16.5. The third kappa shape index (κ3) is 6.57. The zero-order chi connectivity index (χ0) is 17.2. The van der Waals surface area contributed by atoms with Crippen LogP contribution in [0.2, 0.25) is 0 Å². The Kier molecular flexibility index (Phi) is 8.84. The van der Waals surface area contributed by atoms with Gasteiger partial charge < -0.3 is 19.7 Å². The van der Waals surface area contributed by atoms with Crippen LogP contribution in [-0.4, -0.2) is 87.5 Å². The molecule has 6 nitrogen and oxygen atoms in total. The van der Waals surface area contributed by atoms with Gasteiger partial charge >= 0.3 is 0 Å². The predicted octanol–water partition coefficient (Wildman–Crippen LogP) is 1.42. The summed E-state index contributed by atoms with van der Waals surface area (Å²) < 4.78 is 11.1. The van der Waals surface area contributed by atoms with E-state index < -0.39 is 0 Å². The Morgan fingerprint density at radius 2 is 2.08 bits per heavy atom. The number of rotatable bonds is 8. The van der Waals surface area contributed by atoms with Crippen LogP contribution >= 0.6 is 0 Å². The fraction of sp³-hybridized carbons (Fsp3) is 0.944. The molecule has 0 spiro atoms. The van der Waals surface area contributed by atoms with Crippen molar-refractivity contribution in [2.24, 2.45) is 10.9 Å². The summed E-state index contributed by atoms with van der Waals surface area (Å²) in [5.41, 5.74) is 0. The molecule has 2 rings (SSSR count). The lowest BCUT2D eigenvalue weighted by molar-refractivity contribution is 0.0195. The molecule has 0 radical (unpaired) electrons.